The minimum atomic E-state index is -3.60. The first-order valence-electron chi connectivity index (χ1n) is 9.62. The van der Waals surface area contributed by atoms with Crippen LogP contribution in [0.3, 0.4) is 0 Å². The van der Waals surface area contributed by atoms with Crippen molar-refractivity contribution in [3.05, 3.63) is 46.7 Å². The van der Waals surface area contributed by atoms with E-state index in [1.165, 1.54) is 15.6 Å². The number of nitrogens with one attached hydrogen (secondary N) is 1. The Kier molecular flexibility index (Phi) is 7.09. The maximum atomic E-state index is 12.9. The van der Waals surface area contributed by atoms with Crippen molar-refractivity contribution in [3.8, 4) is 0 Å². The van der Waals surface area contributed by atoms with E-state index in [1.54, 1.807) is 11.4 Å². The number of benzene rings is 1. The zero-order valence-corrected chi connectivity index (χ0v) is 17.8. The molecule has 0 spiro atoms. The molecule has 1 aromatic carbocycles. The van der Waals surface area contributed by atoms with Crippen molar-refractivity contribution in [1.82, 2.24) is 9.62 Å². The zero-order chi connectivity index (χ0) is 20.0. The van der Waals surface area contributed by atoms with Gasteiger partial charge in [0, 0.05) is 38.9 Å². The van der Waals surface area contributed by atoms with E-state index in [-0.39, 0.29) is 15.7 Å². The fourth-order valence-electron chi connectivity index (χ4n) is 3.32. The largest absolute Gasteiger partial charge is 0.375 e. The number of carbonyl (C=O) groups is 1. The van der Waals surface area contributed by atoms with Gasteiger partial charge in [0.1, 0.15) is 9.77 Å². The molecule has 152 valence electrons. The summed E-state index contributed by atoms with van der Waals surface area (Å²) >= 11 is 1.18. The van der Waals surface area contributed by atoms with Gasteiger partial charge in [-0.1, -0.05) is 24.6 Å². The van der Waals surface area contributed by atoms with E-state index in [9.17, 15) is 13.2 Å². The molecule has 2 aromatic rings. The topological polar surface area (TPSA) is 69.7 Å². The highest BCUT2D eigenvalue weighted by molar-refractivity contribution is 7.89. The maximum absolute atomic E-state index is 12.9. The average molecular weight is 422 g/mol. The van der Waals surface area contributed by atoms with Crippen LogP contribution in [0.4, 0.5) is 5.69 Å². The molecule has 0 aliphatic carbocycles. The van der Waals surface area contributed by atoms with Crippen molar-refractivity contribution in [3.63, 3.8) is 0 Å². The molecule has 6 nitrogen and oxygen atoms in total. The SMILES string of the molecule is CN(CCCNC(=O)c1sccc1S(=O)(=O)N1CCCCC1)c1ccccc1. The van der Waals surface area contributed by atoms with Gasteiger partial charge in [-0.25, -0.2) is 8.42 Å². The second-order valence-corrected chi connectivity index (χ2v) is 9.77. The lowest BCUT2D eigenvalue weighted by Gasteiger charge is -2.25. The number of nitrogens with zero attached hydrogens (tertiary/aromatic N) is 2. The molecule has 1 fully saturated rings. The lowest BCUT2D eigenvalue weighted by Crippen LogP contribution is -2.36. The van der Waals surface area contributed by atoms with E-state index in [4.69, 9.17) is 0 Å². The van der Waals surface area contributed by atoms with Crippen LogP contribution in [0.15, 0.2) is 46.7 Å². The Morgan fingerprint density at radius 2 is 1.86 bits per heavy atom. The molecule has 1 aliphatic heterocycles. The van der Waals surface area contributed by atoms with Crippen molar-refractivity contribution in [2.24, 2.45) is 0 Å². The number of hydrogen-bond acceptors (Lipinski definition) is 5. The lowest BCUT2D eigenvalue weighted by atomic mass is 10.2. The first kappa shape index (κ1) is 20.8. The third-order valence-corrected chi connectivity index (χ3v) is 7.90. The van der Waals surface area contributed by atoms with Crippen molar-refractivity contribution in [1.29, 1.82) is 0 Å². The molecule has 1 saturated heterocycles. The van der Waals surface area contributed by atoms with Gasteiger partial charge >= 0.3 is 0 Å². The Hall–Kier alpha value is -1.90. The first-order valence-corrected chi connectivity index (χ1v) is 11.9. The Labute approximate surface area is 171 Å². The number of hydrogen-bond donors (Lipinski definition) is 1. The van der Waals surface area contributed by atoms with Gasteiger partial charge in [-0.05, 0) is 42.8 Å². The Bertz CT molecular complexity index is 875. The molecule has 0 atom stereocenters. The summed E-state index contributed by atoms with van der Waals surface area (Å²) in [6, 6.07) is 11.6. The second-order valence-electron chi connectivity index (χ2n) is 6.95. The minimum Gasteiger partial charge on any atom is -0.375 e. The Balaban J connectivity index is 1.55. The molecule has 0 saturated carbocycles. The Morgan fingerprint density at radius 1 is 1.14 bits per heavy atom. The molecule has 28 heavy (non-hydrogen) atoms. The fourth-order valence-corrected chi connectivity index (χ4v) is 6.15. The summed E-state index contributed by atoms with van der Waals surface area (Å²) in [4.78, 5) is 15.1. The van der Waals surface area contributed by atoms with Crippen LogP contribution in [-0.2, 0) is 10.0 Å². The molecule has 1 amide bonds. The quantitative estimate of drug-likeness (QED) is 0.665. The molecule has 1 aliphatic rings. The van der Waals surface area contributed by atoms with E-state index in [0.29, 0.717) is 19.6 Å². The average Bonchev–Trinajstić information content (AvgIpc) is 3.23. The highest BCUT2D eigenvalue weighted by atomic mass is 32.2. The van der Waals surface area contributed by atoms with Gasteiger partial charge in [0.25, 0.3) is 5.91 Å². The van der Waals surface area contributed by atoms with Crippen LogP contribution < -0.4 is 10.2 Å². The summed E-state index contributed by atoms with van der Waals surface area (Å²) in [5.74, 6) is -0.312. The Morgan fingerprint density at radius 3 is 2.57 bits per heavy atom. The number of anilines is 1. The summed E-state index contributed by atoms with van der Waals surface area (Å²) in [5.41, 5.74) is 1.13. The highest BCUT2D eigenvalue weighted by Gasteiger charge is 2.30. The van der Waals surface area contributed by atoms with Gasteiger partial charge in [-0.15, -0.1) is 11.3 Å². The van der Waals surface area contributed by atoms with E-state index in [0.717, 1.165) is 37.9 Å². The molecular weight excluding hydrogens is 394 g/mol. The van der Waals surface area contributed by atoms with Gasteiger partial charge in [0.05, 0.1) is 0 Å². The normalized spacial score (nSPS) is 15.3. The monoisotopic (exact) mass is 421 g/mol. The van der Waals surface area contributed by atoms with Crippen molar-refractivity contribution >= 4 is 33.0 Å². The van der Waals surface area contributed by atoms with E-state index in [1.807, 2.05) is 37.4 Å². The predicted molar refractivity (Wildman–Crippen MR) is 114 cm³/mol. The van der Waals surface area contributed by atoms with Gasteiger partial charge in [-0.2, -0.15) is 4.31 Å². The van der Waals surface area contributed by atoms with Crippen LogP contribution in [0.25, 0.3) is 0 Å². The summed E-state index contributed by atoms with van der Waals surface area (Å²) in [6.07, 6.45) is 3.58. The minimum absolute atomic E-state index is 0.137. The van der Waals surface area contributed by atoms with Crippen molar-refractivity contribution in [2.75, 3.05) is 38.1 Å². The molecular formula is C20H27N3O3S2. The van der Waals surface area contributed by atoms with Gasteiger partial charge in [-0.3, -0.25) is 4.79 Å². The summed E-state index contributed by atoms with van der Waals surface area (Å²) in [5, 5.41) is 4.54. The van der Waals surface area contributed by atoms with Crippen molar-refractivity contribution < 1.29 is 13.2 Å². The molecule has 1 N–H and O–H groups in total. The molecule has 2 heterocycles. The summed E-state index contributed by atoms with van der Waals surface area (Å²) in [6.45, 7) is 2.36. The molecule has 0 radical (unpaired) electrons. The predicted octanol–water partition coefficient (Wildman–Crippen LogP) is 3.18. The highest BCUT2D eigenvalue weighted by Crippen LogP contribution is 2.27. The molecule has 0 unspecified atom stereocenters. The number of para-hydroxylation sites is 1. The number of thiophene rings is 1. The lowest BCUT2D eigenvalue weighted by molar-refractivity contribution is 0.0954. The summed E-state index contributed by atoms with van der Waals surface area (Å²) in [7, 11) is -1.59. The van der Waals surface area contributed by atoms with Crippen LogP contribution in [0.1, 0.15) is 35.4 Å². The van der Waals surface area contributed by atoms with E-state index < -0.39 is 10.0 Å². The molecule has 0 bridgehead atoms. The summed E-state index contributed by atoms with van der Waals surface area (Å²) < 4.78 is 27.3. The van der Waals surface area contributed by atoms with E-state index >= 15 is 0 Å². The number of rotatable bonds is 8. The number of carbonyl (C=O) groups excluding carboxylic acids is 1. The third-order valence-electron chi connectivity index (χ3n) is 4.92. The molecule has 3 rings (SSSR count). The van der Waals surface area contributed by atoms with E-state index in [2.05, 4.69) is 10.2 Å². The van der Waals surface area contributed by atoms with Gasteiger partial charge in [0.15, 0.2) is 0 Å². The molecule has 8 heteroatoms. The number of piperidine rings is 1. The number of sulfonamides is 1. The van der Waals surface area contributed by atoms with Crippen LogP contribution in [0.5, 0.6) is 0 Å². The number of amides is 1. The zero-order valence-electron chi connectivity index (χ0n) is 16.1. The smallest absolute Gasteiger partial charge is 0.262 e. The van der Waals surface area contributed by atoms with Crippen molar-refractivity contribution in [2.45, 2.75) is 30.6 Å². The van der Waals surface area contributed by atoms with Crippen LogP contribution in [0, 0.1) is 0 Å². The van der Waals surface area contributed by atoms with Crippen LogP contribution in [0.2, 0.25) is 0 Å². The maximum Gasteiger partial charge on any atom is 0.262 e. The standard InChI is InChI=1S/C20H27N3O3S2/c1-22(17-9-4-2-5-10-17)13-8-12-21-20(24)19-18(11-16-27-19)28(25,26)23-14-6-3-7-15-23/h2,4-5,9-11,16H,3,6-8,12-15H2,1H3,(H,21,24). The second kappa shape index (κ2) is 9.54. The van der Waals surface area contributed by atoms with Gasteiger partial charge < -0.3 is 10.2 Å². The van der Waals surface area contributed by atoms with Crippen LogP contribution in [-0.4, -0.2) is 51.9 Å². The molecule has 1 aromatic heterocycles. The fraction of sp³-hybridized carbons (Fsp3) is 0.450. The third kappa shape index (κ3) is 4.92. The first-order chi connectivity index (χ1) is 13.5. The van der Waals surface area contributed by atoms with Crippen LogP contribution >= 0.6 is 11.3 Å². The van der Waals surface area contributed by atoms with Gasteiger partial charge in [0.2, 0.25) is 10.0 Å².